The summed E-state index contributed by atoms with van der Waals surface area (Å²) in [6, 6.07) is 5.64. The highest BCUT2D eigenvalue weighted by molar-refractivity contribution is 5.84. The van der Waals surface area contributed by atoms with Crippen molar-refractivity contribution in [2.24, 2.45) is 0 Å². The maximum absolute atomic E-state index is 13.9. The van der Waals surface area contributed by atoms with Crippen LogP contribution in [-0.4, -0.2) is 17.7 Å². The number of rotatable bonds is 4. The quantitative estimate of drug-likeness (QED) is 0.860. The fraction of sp³-hybridized carbons (Fsp3) is 0.429. The summed E-state index contributed by atoms with van der Waals surface area (Å²) in [5.41, 5.74) is 2.08. The van der Waals surface area contributed by atoms with Gasteiger partial charge in [-0.25, -0.2) is 4.39 Å². The first-order valence-electron chi connectivity index (χ1n) is 6.10. The standard InChI is InChI=1S/C14H19FN2/c1-4-17-9-11(8-10(2)16-3)14-12(15)6-5-7-13(14)17/h5-7,9-10,16H,4,8H2,1-3H3. The minimum Gasteiger partial charge on any atom is -0.347 e. The van der Waals surface area contributed by atoms with Crippen LogP contribution in [0.1, 0.15) is 19.4 Å². The molecule has 0 amide bonds. The van der Waals surface area contributed by atoms with Gasteiger partial charge in [-0.15, -0.1) is 0 Å². The third kappa shape index (κ3) is 2.20. The van der Waals surface area contributed by atoms with E-state index in [9.17, 15) is 4.39 Å². The highest BCUT2D eigenvalue weighted by Crippen LogP contribution is 2.25. The van der Waals surface area contributed by atoms with Gasteiger partial charge in [0, 0.05) is 24.2 Å². The van der Waals surface area contributed by atoms with Crippen LogP contribution in [0.3, 0.4) is 0 Å². The summed E-state index contributed by atoms with van der Waals surface area (Å²) in [6.07, 6.45) is 2.92. The lowest BCUT2D eigenvalue weighted by atomic mass is 10.1. The first-order chi connectivity index (χ1) is 8.17. The Labute approximate surface area is 101 Å². The monoisotopic (exact) mass is 234 g/mol. The molecule has 2 nitrogen and oxygen atoms in total. The third-order valence-electron chi connectivity index (χ3n) is 3.29. The molecule has 0 fully saturated rings. The molecule has 1 unspecified atom stereocenters. The predicted molar refractivity (Wildman–Crippen MR) is 69.8 cm³/mol. The van der Waals surface area contributed by atoms with Gasteiger partial charge in [0.05, 0.1) is 5.52 Å². The molecule has 0 bridgehead atoms. The normalized spacial score (nSPS) is 13.2. The van der Waals surface area contributed by atoms with Gasteiger partial charge in [-0.2, -0.15) is 0 Å². The van der Waals surface area contributed by atoms with E-state index in [0.717, 1.165) is 29.4 Å². The fourth-order valence-corrected chi connectivity index (χ4v) is 2.24. The minimum absolute atomic E-state index is 0.118. The minimum atomic E-state index is -0.118. The lowest BCUT2D eigenvalue weighted by Crippen LogP contribution is -2.23. The van der Waals surface area contributed by atoms with Crippen molar-refractivity contribution in [1.82, 2.24) is 9.88 Å². The molecular weight excluding hydrogens is 215 g/mol. The number of nitrogens with zero attached hydrogens (tertiary/aromatic N) is 1. The second kappa shape index (κ2) is 4.88. The molecule has 0 spiro atoms. The highest BCUT2D eigenvalue weighted by atomic mass is 19.1. The van der Waals surface area contributed by atoms with Crippen molar-refractivity contribution in [3.63, 3.8) is 0 Å². The Hall–Kier alpha value is -1.35. The first kappa shape index (κ1) is 12.1. The summed E-state index contributed by atoms with van der Waals surface area (Å²) in [5, 5.41) is 3.97. The largest absolute Gasteiger partial charge is 0.347 e. The molecule has 0 aliphatic rings. The first-order valence-corrected chi connectivity index (χ1v) is 6.10. The van der Waals surface area contributed by atoms with Gasteiger partial charge in [-0.1, -0.05) is 6.07 Å². The number of hydrogen-bond acceptors (Lipinski definition) is 1. The molecule has 3 heteroatoms. The maximum atomic E-state index is 13.9. The number of aryl methyl sites for hydroxylation is 1. The molecule has 0 aliphatic carbocycles. The van der Waals surface area contributed by atoms with Gasteiger partial charge in [-0.05, 0) is 45.0 Å². The predicted octanol–water partition coefficient (Wildman–Crippen LogP) is 2.95. The van der Waals surface area contributed by atoms with E-state index in [1.807, 2.05) is 13.1 Å². The van der Waals surface area contributed by atoms with E-state index in [1.165, 1.54) is 6.07 Å². The number of fused-ring (bicyclic) bond motifs is 1. The van der Waals surface area contributed by atoms with Gasteiger partial charge in [-0.3, -0.25) is 0 Å². The smallest absolute Gasteiger partial charge is 0.132 e. The van der Waals surface area contributed by atoms with Gasteiger partial charge >= 0.3 is 0 Å². The fourth-order valence-electron chi connectivity index (χ4n) is 2.24. The van der Waals surface area contributed by atoms with E-state index in [4.69, 9.17) is 0 Å². The average molecular weight is 234 g/mol. The van der Waals surface area contributed by atoms with Crippen LogP contribution in [0.5, 0.6) is 0 Å². The van der Waals surface area contributed by atoms with Gasteiger partial charge in [0.25, 0.3) is 0 Å². The molecule has 1 atom stereocenters. The zero-order valence-corrected chi connectivity index (χ0v) is 10.6. The van der Waals surface area contributed by atoms with Crippen molar-refractivity contribution in [2.75, 3.05) is 7.05 Å². The molecule has 0 aliphatic heterocycles. The van der Waals surface area contributed by atoms with Gasteiger partial charge < -0.3 is 9.88 Å². The summed E-state index contributed by atoms with van der Waals surface area (Å²) < 4.78 is 16.0. The van der Waals surface area contributed by atoms with Gasteiger partial charge in [0.1, 0.15) is 5.82 Å². The second-order valence-corrected chi connectivity index (χ2v) is 4.47. The molecule has 0 saturated heterocycles. The lowest BCUT2D eigenvalue weighted by molar-refractivity contribution is 0.605. The van der Waals surface area contributed by atoms with Crippen molar-refractivity contribution in [3.8, 4) is 0 Å². The molecule has 1 N–H and O–H groups in total. The summed E-state index contributed by atoms with van der Waals surface area (Å²) in [7, 11) is 1.93. The Kier molecular flexibility index (Phi) is 3.48. The van der Waals surface area contributed by atoms with Crippen LogP contribution in [0.15, 0.2) is 24.4 Å². The SMILES string of the molecule is CCn1cc(CC(C)NC)c2c(F)cccc21. The highest BCUT2D eigenvalue weighted by Gasteiger charge is 2.13. The molecule has 1 aromatic carbocycles. The molecule has 0 radical (unpaired) electrons. The molecule has 1 aromatic heterocycles. The van der Waals surface area contributed by atoms with E-state index in [0.29, 0.717) is 6.04 Å². The number of likely N-dealkylation sites (N-methyl/N-ethyl adjacent to an activating group) is 1. The summed E-state index contributed by atoms with van der Waals surface area (Å²) in [5.74, 6) is -0.118. The van der Waals surface area contributed by atoms with Crippen LogP contribution in [0, 0.1) is 5.82 Å². The average Bonchev–Trinajstić information content (AvgIpc) is 2.68. The van der Waals surface area contributed by atoms with E-state index >= 15 is 0 Å². The van der Waals surface area contributed by atoms with Crippen molar-refractivity contribution >= 4 is 10.9 Å². The van der Waals surface area contributed by atoms with Crippen LogP contribution in [0.2, 0.25) is 0 Å². The molecule has 92 valence electrons. The second-order valence-electron chi connectivity index (χ2n) is 4.47. The number of benzene rings is 1. The Morgan fingerprint density at radius 3 is 2.82 bits per heavy atom. The Bertz CT molecular complexity index is 516. The van der Waals surface area contributed by atoms with Crippen molar-refractivity contribution in [3.05, 3.63) is 35.8 Å². The van der Waals surface area contributed by atoms with Crippen LogP contribution >= 0.6 is 0 Å². The van der Waals surface area contributed by atoms with Crippen molar-refractivity contribution in [2.45, 2.75) is 32.9 Å². The van der Waals surface area contributed by atoms with E-state index in [2.05, 4.69) is 29.9 Å². The van der Waals surface area contributed by atoms with E-state index < -0.39 is 0 Å². The van der Waals surface area contributed by atoms with Crippen LogP contribution in [0.25, 0.3) is 10.9 Å². The molecule has 2 rings (SSSR count). The number of hydrogen-bond donors (Lipinski definition) is 1. The Morgan fingerprint density at radius 2 is 2.18 bits per heavy atom. The summed E-state index contributed by atoms with van der Waals surface area (Å²) in [6.45, 7) is 5.06. The van der Waals surface area contributed by atoms with Crippen LogP contribution in [0.4, 0.5) is 4.39 Å². The van der Waals surface area contributed by atoms with Crippen LogP contribution in [-0.2, 0) is 13.0 Å². The van der Waals surface area contributed by atoms with Crippen molar-refractivity contribution < 1.29 is 4.39 Å². The molecule has 17 heavy (non-hydrogen) atoms. The zero-order chi connectivity index (χ0) is 12.4. The Morgan fingerprint density at radius 1 is 1.41 bits per heavy atom. The topological polar surface area (TPSA) is 17.0 Å². The van der Waals surface area contributed by atoms with Crippen LogP contribution < -0.4 is 5.32 Å². The number of halogens is 1. The molecule has 1 heterocycles. The van der Waals surface area contributed by atoms with Gasteiger partial charge in [0.2, 0.25) is 0 Å². The third-order valence-corrected chi connectivity index (χ3v) is 3.29. The molecule has 0 saturated carbocycles. The lowest BCUT2D eigenvalue weighted by Gasteiger charge is -2.08. The summed E-state index contributed by atoms with van der Waals surface area (Å²) in [4.78, 5) is 0. The maximum Gasteiger partial charge on any atom is 0.132 e. The number of aromatic nitrogens is 1. The van der Waals surface area contributed by atoms with Crippen molar-refractivity contribution in [1.29, 1.82) is 0 Å². The number of nitrogens with one attached hydrogen (secondary N) is 1. The van der Waals surface area contributed by atoms with Gasteiger partial charge in [0.15, 0.2) is 0 Å². The van der Waals surface area contributed by atoms with E-state index in [-0.39, 0.29) is 5.82 Å². The Balaban J connectivity index is 2.55. The van der Waals surface area contributed by atoms with E-state index in [1.54, 1.807) is 6.07 Å². The molecular formula is C14H19FN2. The summed E-state index contributed by atoms with van der Waals surface area (Å²) >= 11 is 0. The zero-order valence-electron chi connectivity index (χ0n) is 10.6. The molecule has 2 aromatic rings.